The summed E-state index contributed by atoms with van der Waals surface area (Å²) in [4.78, 5) is 3.78. The van der Waals surface area contributed by atoms with Gasteiger partial charge in [0.15, 0.2) is 5.82 Å². The first-order valence-electron chi connectivity index (χ1n) is 4.83. The maximum absolute atomic E-state index is 12.0. The first-order chi connectivity index (χ1) is 8.49. The molecule has 0 spiro atoms. The van der Waals surface area contributed by atoms with E-state index >= 15 is 0 Å². The summed E-state index contributed by atoms with van der Waals surface area (Å²) >= 11 is 0. The number of alkyl halides is 3. The first-order valence-corrected chi connectivity index (χ1v) is 4.83. The van der Waals surface area contributed by atoms with Gasteiger partial charge in [-0.1, -0.05) is 5.16 Å². The predicted octanol–water partition coefficient (Wildman–Crippen LogP) is 1.83. The van der Waals surface area contributed by atoms with Crippen LogP contribution < -0.4 is 0 Å². The lowest BCUT2D eigenvalue weighted by Gasteiger charge is -2.01. The van der Waals surface area contributed by atoms with Crippen LogP contribution in [0.15, 0.2) is 10.7 Å². The highest BCUT2D eigenvalue weighted by Crippen LogP contribution is 2.23. The van der Waals surface area contributed by atoms with E-state index in [4.69, 9.17) is 9.78 Å². The average Bonchev–Trinajstić information content (AvgIpc) is 2.93. The molecule has 0 aromatic carbocycles. The van der Waals surface area contributed by atoms with Gasteiger partial charge in [-0.15, -0.1) is 0 Å². The Morgan fingerprint density at radius 3 is 2.89 bits per heavy atom. The van der Waals surface area contributed by atoms with Crippen molar-refractivity contribution < 1.29 is 17.7 Å². The molecule has 94 valence electrons. The van der Waals surface area contributed by atoms with Gasteiger partial charge in [-0.05, 0) is 0 Å². The predicted molar refractivity (Wildman–Crippen MR) is 51.0 cm³/mol. The molecule has 0 bridgehead atoms. The number of aryl methyl sites for hydroxylation is 1. The van der Waals surface area contributed by atoms with Gasteiger partial charge in [-0.3, -0.25) is 5.10 Å². The van der Waals surface area contributed by atoms with Crippen LogP contribution in [0.4, 0.5) is 13.2 Å². The zero-order valence-electron chi connectivity index (χ0n) is 8.82. The molecule has 0 aliphatic rings. The molecule has 6 nitrogen and oxygen atoms in total. The highest BCUT2D eigenvalue weighted by Gasteiger charge is 2.27. The van der Waals surface area contributed by atoms with Gasteiger partial charge in [0.2, 0.25) is 0 Å². The van der Waals surface area contributed by atoms with E-state index in [0.717, 1.165) is 0 Å². The molecular formula is C9H6F3N5O. The normalized spacial score (nSPS) is 11.4. The van der Waals surface area contributed by atoms with Gasteiger partial charge >= 0.3 is 6.18 Å². The maximum atomic E-state index is 12.0. The molecule has 1 N–H and O–H groups in total. The number of hydrogen-bond acceptors (Lipinski definition) is 5. The van der Waals surface area contributed by atoms with E-state index in [2.05, 4.69) is 20.3 Å². The molecule has 0 fully saturated rings. The van der Waals surface area contributed by atoms with Crippen LogP contribution in [0.1, 0.15) is 17.9 Å². The molecule has 0 amide bonds. The molecule has 0 aliphatic heterocycles. The van der Waals surface area contributed by atoms with Gasteiger partial charge in [0.1, 0.15) is 11.8 Å². The summed E-state index contributed by atoms with van der Waals surface area (Å²) in [5, 5.41) is 18.1. The fraction of sp³-hybridized carbons (Fsp3) is 0.333. The number of rotatable bonds is 3. The van der Waals surface area contributed by atoms with E-state index in [1.165, 1.54) is 6.20 Å². The summed E-state index contributed by atoms with van der Waals surface area (Å²) < 4.78 is 40.8. The molecule has 0 saturated heterocycles. The molecular weight excluding hydrogens is 251 g/mol. The second kappa shape index (κ2) is 4.48. The van der Waals surface area contributed by atoms with E-state index in [9.17, 15) is 13.2 Å². The number of aromatic amines is 1. The van der Waals surface area contributed by atoms with E-state index in [-0.39, 0.29) is 29.4 Å². The van der Waals surface area contributed by atoms with Crippen molar-refractivity contribution in [1.82, 2.24) is 20.3 Å². The van der Waals surface area contributed by atoms with Crippen molar-refractivity contribution in [1.29, 1.82) is 5.26 Å². The lowest BCUT2D eigenvalue weighted by molar-refractivity contribution is -0.134. The minimum Gasteiger partial charge on any atom is -0.334 e. The Labute approximate surface area is 98.4 Å². The summed E-state index contributed by atoms with van der Waals surface area (Å²) in [6.45, 7) is 0. The summed E-state index contributed by atoms with van der Waals surface area (Å²) in [7, 11) is 0. The van der Waals surface area contributed by atoms with E-state index in [1.807, 2.05) is 6.07 Å². The maximum Gasteiger partial charge on any atom is 0.389 e. The molecule has 2 aromatic rings. The van der Waals surface area contributed by atoms with Crippen LogP contribution in [0.2, 0.25) is 0 Å². The van der Waals surface area contributed by atoms with Crippen LogP contribution >= 0.6 is 0 Å². The summed E-state index contributed by atoms with van der Waals surface area (Å²) in [6.07, 6.45) is -4.37. The Morgan fingerprint density at radius 2 is 2.22 bits per heavy atom. The fourth-order valence-electron chi connectivity index (χ4n) is 1.25. The van der Waals surface area contributed by atoms with Crippen LogP contribution in [0.25, 0.3) is 11.5 Å². The lowest BCUT2D eigenvalue weighted by atomic mass is 10.2. The van der Waals surface area contributed by atoms with Gasteiger partial charge in [0, 0.05) is 6.42 Å². The number of H-pyrrole nitrogens is 1. The third-order valence-electron chi connectivity index (χ3n) is 2.08. The van der Waals surface area contributed by atoms with Crippen LogP contribution in [0, 0.1) is 11.3 Å². The highest BCUT2D eigenvalue weighted by molar-refractivity contribution is 5.58. The van der Waals surface area contributed by atoms with Crippen molar-refractivity contribution in [2.75, 3.05) is 0 Å². The molecule has 0 saturated carbocycles. The van der Waals surface area contributed by atoms with Crippen LogP contribution in [-0.4, -0.2) is 26.5 Å². The van der Waals surface area contributed by atoms with E-state index in [1.54, 1.807) is 0 Å². The largest absolute Gasteiger partial charge is 0.389 e. The van der Waals surface area contributed by atoms with Crippen molar-refractivity contribution in [2.24, 2.45) is 0 Å². The Hall–Kier alpha value is -2.37. The Balaban J connectivity index is 2.14. The second-order valence-electron chi connectivity index (χ2n) is 3.40. The molecule has 9 heteroatoms. The Bertz CT molecular complexity index is 580. The van der Waals surface area contributed by atoms with Crippen molar-refractivity contribution in [2.45, 2.75) is 19.0 Å². The quantitative estimate of drug-likeness (QED) is 0.905. The number of nitriles is 1. The molecule has 18 heavy (non-hydrogen) atoms. The topological polar surface area (TPSA) is 91.4 Å². The third-order valence-corrected chi connectivity index (χ3v) is 2.08. The molecule has 0 radical (unpaired) electrons. The minimum atomic E-state index is -4.27. The van der Waals surface area contributed by atoms with Gasteiger partial charge in [-0.2, -0.15) is 28.5 Å². The monoisotopic (exact) mass is 257 g/mol. The SMILES string of the molecule is N#Cc1[nH]ncc1-c1nc(CCC(F)(F)F)no1. The van der Waals surface area contributed by atoms with Gasteiger partial charge in [-0.25, -0.2) is 0 Å². The second-order valence-corrected chi connectivity index (χ2v) is 3.40. The first kappa shape index (κ1) is 12.1. The van der Waals surface area contributed by atoms with Gasteiger partial charge in [0.25, 0.3) is 5.89 Å². The molecule has 0 unspecified atom stereocenters. The number of nitrogens with zero attached hydrogens (tertiary/aromatic N) is 4. The third kappa shape index (κ3) is 2.65. The highest BCUT2D eigenvalue weighted by atomic mass is 19.4. The van der Waals surface area contributed by atoms with Crippen LogP contribution in [0.3, 0.4) is 0 Å². The van der Waals surface area contributed by atoms with Crippen molar-refractivity contribution in [3.8, 4) is 17.5 Å². The number of hydrogen-bond donors (Lipinski definition) is 1. The molecule has 0 atom stereocenters. The van der Waals surface area contributed by atoms with Crippen LogP contribution in [0.5, 0.6) is 0 Å². The molecule has 2 rings (SSSR count). The smallest absolute Gasteiger partial charge is 0.334 e. The van der Waals surface area contributed by atoms with Gasteiger partial charge < -0.3 is 4.52 Å². The Kier molecular flexibility index (Phi) is 3.01. The molecule has 0 aliphatic carbocycles. The van der Waals surface area contributed by atoms with Crippen LogP contribution in [-0.2, 0) is 6.42 Å². The summed E-state index contributed by atoms with van der Waals surface area (Å²) in [5.41, 5.74) is 0.379. The Morgan fingerprint density at radius 1 is 1.44 bits per heavy atom. The van der Waals surface area contributed by atoms with E-state index in [0.29, 0.717) is 0 Å². The standard InChI is InChI=1S/C9H6F3N5O/c10-9(11,12)2-1-7-15-8(18-17-7)5-4-14-16-6(5)3-13/h4H,1-2H2,(H,14,16). The molecule has 2 aromatic heterocycles. The zero-order chi connectivity index (χ0) is 13.2. The summed E-state index contributed by atoms with van der Waals surface area (Å²) in [5.74, 6) is -0.0927. The van der Waals surface area contributed by atoms with E-state index < -0.39 is 12.6 Å². The fourth-order valence-corrected chi connectivity index (χ4v) is 1.25. The summed E-state index contributed by atoms with van der Waals surface area (Å²) in [6, 6.07) is 1.81. The van der Waals surface area contributed by atoms with Crippen molar-refractivity contribution in [3.63, 3.8) is 0 Å². The molecule has 2 heterocycles. The number of nitrogens with one attached hydrogen (secondary N) is 1. The minimum absolute atomic E-state index is 0.0301. The zero-order valence-corrected chi connectivity index (χ0v) is 8.82. The number of halogens is 3. The van der Waals surface area contributed by atoms with Gasteiger partial charge in [0.05, 0.1) is 18.2 Å². The van der Waals surface area contributed by atoms with Crippen molar-refractivity contribution >= 4 is 0 Å². The lowest BCUT2D eigenvalue weighted by Crippen LogP contribution is -2.09. The average molecular weight is 257 g/mol. The van der Waals surface area contributed by atoms with Crippen molar-refractivity contribution in [3.05, 3.63) is 17.7 Å². The number of aromatic nitrogens is 4.